The normalized spacial score (nSPS) is 18.5. The predicted octanol–water partition coefficient (Wildman–Crippen LogP) is 2.87. The first-order valence-electron chi connectivity index (χ1n) is 10.3. The molecule has 1 saturated heterocycles. The summed E-state index contributed by atoms with van der Waals surface area (Å²) < 4.78 is 37.3. The number of carbonyl (C=O) groups is 2. The second-order valence-corrected chi connectivity index (χ2v) is 10.4. The number of benzene rings is 1. The first-order chi connectivity index (χ1) is 14.8. The molecule has 172 valence electrons. The Morgan fingerprint density at radius 2 is 1.77 bits per heavy atom. The Morgan fingerprint density at radius 1 is 1.10 bits per heavy atom. The maximum atomic E-state index is 12.9. The Balaban J connectivity index is 1.64. The molecule has 1 saturated carbocycles. The Morgan fingerprint density at radius 3 is 2.45 bits per heavy atom. The van der Waals surface area contributed by atoms with Gasteiger partial charge in [-0.25, -0.2) is 13.2 Å². The van der Waals surface area contributed by atoms with E-state index in [2.05, 4.69) is 5.32 Å². The molecule has 1 N–H and O–H groups in total. The molecule has 1 aliphatic carbocycles. The van der Waals surface area contributed by atoms with Crippen LogP contribution in [0.3, 0.4) is 0 Å². The van der Waals surface area contributed by atoms with Crippen molar-refractivity contribution in [2.24, 2.45) is 5.92 Å². The summed E-state index contributed by atoms with van der Waals surface area (Å²) in [5, 5.41) is 2.62. The molecule has 8 nitrogen and oxygen atoms in total. The third-order valence-corrected chi connectivity index (χ3v) is 8.15. The van der Waals surface area contributed by atoms with Crippen LogP contribution in [0.1, 0.15) is 42.5 Å². The second-order valence-electron chi connectivity index (χ2n) is 7.66. The number of rotatable bonds is 7. The number of hydrogen-bond acceptors (Lipinski definition) is 6. The molecule has 0 radical (unpaired) electrons. The van der Waals surface area contributed by atoms with Crippen LogP contribution in [0.5, 0.6) is 0 Å². The number of hydrogen-bond donors (Lipinski definition) is 1. The Hall–Kier alpha value is -1.39. The molecular weight excluding hydrogens is 467 g/mol. The summed E-state index contributed by atoms with van der Waals surface area (Å²) in [5.41, 5.74) is -0.169. The third kappa shape index (κ3) is 6.32. The number of amides is 1. The fourth-order valence-corrected chi connectivity index (χ4v) is 5.95. The lowest BCUT2D eigenvalue weighted by Crippen LogP contribution is -2.40. The molecule has 2 fully saturated rings. The molecule has 0 spiro atoms. The van der Waals surface area contributed by atoms with Gasteiger partial charge in [0.1, 0.15) is 4.90 Å². The zero-order valence-corrected chi connectivity index (χ0v) is 19.4. The average molecular weight is 493 g/mol. The largest absolute Gasteiger partial charge is 0.452 e. The van der Waals surface area contributed by atoms with Crippen LogP contribution in [-0.2, 0) is 24.3 Å². The van der Waals surface area contributed by atoms with Crippen molar-refractivity contribution in [3.8, 4) is 0 Å². The highest BCUT2D eigenvalue weighted by Crippen LogP contribution is 2.31. The fourth-order valence-electron chi connectivity index (χ4n) is 3.72. The highest BCUT2D eigenvalue weighted by atomic mass is 35.5. The molecule has 1 amide bonds. The van der Waals surface area contributed by atoms with E-state index in [1.165, 1.54) is 29.6 Å². The summed E-state index contributed by atoms with van der Waals surface area (Å²) in [7, 11) is -3.94. The van der Waals surface area contributed by atoms with E-state index in [0.717, 1.165) is 18.9 Å². The van der Waals surface area contributed by atoms with Crippen LogP contribution in [0.25, 0.3) is 0 Å². The summed E-state index contributed by atoms with van der Waals surface area (Å²) in [6, 6.07) is 2.29. The summed E-state index contributed by atoms with van der Waals surface area (Å²) in [6.45, 7) is 0.991. The second kappa shape index (κ2) is 11.0. The van der Waals surface area contributed by atoms with Gasteiger partial charge < -0.3 is 14.8 Å². The molecule has 0 bridgehead atoms. The summed E-state index contributed by atoms with van der Waals surface area (Å²) in [6.07, 6.45) is 5.73. The first-order valence-corrected chi connectivity index (χ1v) is 12.5. The van der Waals surface area contributed by atoms with Crippen molar-refractivity contribution in [1.29, 1.82) is 0 Å². The third-order valence-electron chi connectivity index (χ3n) is 5.48. The summed E-state index contributed by atoms with van der Waals surface area (Å²) in [4.78, 5) is 24.3. The van der Waals surface area contributed by atoms with Gasteiger partial charge in [-0.3, -0.25) is 4.79 Å². The van der Waals surface area contributed by atoms with Crippen molar-refractivity contribution in [1.82, 2.24) is 9.62 Å². The maximum absolute atomic E-state index is 12.9. The minimum atomic E-state index is -3.94. The fraction of sp³-hybridized carbons (Fsp3) is 0.600. The van der Waals surface area contributed by atoms with Gasteiger partial charge in [0.2, 0.25) is 10.0 Å². The number of esters is 1. The predicted molar refractivity (Wildman–Crippen MR) is 116 cm³/mol. The molecule has 1 aliphatic heterocycles. The van der Waals surface area contributed by atoms with Gasteiger partial charge in [-0.1, -0.05) is 42.5 Å². The van der Waals surface area contributed by atoms with E-state index < -0.39 is 28.5 Å². The molecular formula is C20H26Cl2N2O6S. The number of nitrogens with one attached hydrogen (secondary N) is 1. The Labute approximate surface area is 192 Å². The highest BCUT2D eigenvalue weighted by Gasteiger charge is 2.30. The van der Waals surface area contributed by atoms with E-state index in [0.29, 0.717) is 12.5 Å². The van der Waals surface area contributed by atoms with Crippen molar-refractivity contribution in [3.05, 3.63) is 27.7 Å². The van der Waals surface area contributed by atoms with Crippen LogP contribution < -0.4 is 5.32 Å². The minimum absolute atomic E-state index is 0.0569. The monoisotopic (exact) mass is 492 g/mol. The van der Waals surface area contributed by atoms with Gasteiger partial charge in [0.05, 0.1) is 28.8 Å². The molecule has 1 aromatic carbocycles. The molecule has 2 aliphatic rings. The van der Waals surface area contributed by atoms with Crippen LogP contribution in [0.4, 0.5) is 0 Å². The van der Waals surface area contributed by atoms with Crippen LogP contribution in [-0.4, -0.2) is 64.1 Å². The quantitative estimate of drug-likeness (QED) is 0.587. The van der Waals surface area contributed by atoms with Gasteiger partial charge in [-0.2, -0.15) is 4.31 Å². The van der Waals surface area contributed by atoms with Crippen molar-refractivity contribution in [3.63, 3.8) is 0 Å². The molecule has 0 unspecified atom stereocenters. The van der Waals surface area contributed by atoms with Crippen LogP contribution in [0, 0.1) is 5.92 Å². The van der Waals surface area contributed by atoms with Crippen LogP contribution >= 0.6 is 23.2 Å². The number of carbonyl (C=O) groups excluding carboxylic acids is 2. The van der Waals surface area contributed by atoms with E-state index in [1.807, 2.05) is 0 Å². The number of sulfonamides is 1. The zero-order valence-electron chi connectivity index (χ0n) is 17.1. The number of ether oxygens (including phenoxy) is 2. The molecule has 11 heteroatoms. The number of halogens is 2. The molecule has 3 rings (SSSR count). The van der Waals surface area contributed by atoms with E-state index in [9.17, 15) is 18.0 Å². The maximum Gasteiger partial charge on any atom is 0.340 e. The van der Waals surface area contributed by atoms with E-state index >= 15 is 0 Å². The van der Waals surface area contributed by atoms with Crippen molar-refractivity contribution < 1.29 is 27.5 Å². The van der Waals surface area contributed by atoms with E-state index in [1.54, 1.807) is 0 Å². The molecule has 0 atom stereocenters. The smallest absolute Gasteiger partial charge is 0.340 e. The highest BCUT2D eigenvalue weighted by molar-refractivity contribution is 7.89. The van der Waals surface area contributed by atoms with Gasteiger partial charge in [0.15, 0.2) is 6.61 Å². The van der Waals surface area contributed by atoms with Gasteiger partial charge in [0, 0.05) is 19.6 Å². The summed E-state index contributed by atoms with van der Waals surface area (Å²) >= 11 is 12.2. The first kappa shape index (κ1) is 24.3. The van der Waals surface area contributed by atoms with Gasteiger partial charge in [0.25, 0.3) is 5.91 Å². The van der Waals surface area contributed by atoms with Crippen molar-refractivity contribution in [2.75, 3.05) is 39.5 Å². The van der Waals surface area contributed by atoms with Crippen molar-refractivity contribution in [2.45, 2.75) is 37.0 Å². The van der Waals surface area contributed by atoms with Crippen LogP contribution in [0.2, 0.25) is 10.0 Å². The van der Waals surface area contributed by atoms with Gasteiger partial charge in [-0.05, 0) is 30.9 Å². The lowest BCUT2D eigenvalue weighted by atomic mass is 9.89. The molecule has 1 heterocycles. The minimum Gasteiger partial charge on any atom is -0.452 e. The van der Waals surface area contributed by atoms with E-state index in [-0.39, 0.29) is 46.8 Å². The Kier molecular flexibility index (Phi) is 8.58. The SMILES string of the molecule is O=C(COC(=O)c1cc(S(=O)(=O)N2CCOCC2)c(Cl)cc1Cl)NCC1CCCCC1. The Bertz CT molecular complexity index is 912. The molecule has 1 aromatic rings. The topological polar surface area (TPSA) is 102 Å². The summed E-state index contributed by atoms with van der Waals surface area (Å²) in [5.74, 6) is -0.856. The van der Waals surface area contributed by atoms with Gasteiger partial charge >= 0.3 is 5.97 Å². The molecule has 31 heavy (non-hydrogen) atoms. The standard InChI is InChI=1S/C20H26Cl2N2O6S/c21-16-11-17(22)18(31(27,28)24-6-8-29-9-7-24)10-15(16)20(26)30-13-19(25)23-12-14-4-2-1-3-5-14/h10-11,14H,1-9,12-13H2,(H,23,25). The van der Waals surface area contributed by atoms with Gasteiger partial charge in [-0.15, -0.1) is 0 Å². The zero-order chi connectivity index (χ0) is 22.4. The van der Waals surface area contributed by atoms with E-state index in [4.69, 9.17) is 32.7 Å². The average Bonchev–Trinajstić information content (AvgIpc) is 2.77. The van der Waals surface area contributed by atoms with Crippen molar-refractivity contribution >= 4 is 45.1 Å². The molecule has 0 aromatic heterocycles. The van der Waals surface area contributed by atoms with Crippen LogP contribution in [0.15, 0.2) is 17.0 Å². The number of morpholine rings is 1. The lowest BCUT2D eigenvalue weighted by molar-refractivity contribution is -0.124. The lowest BCUT2D eigenvalue weighted by Gasteiger charge is -2.26. The number of nitrogens with zero attached hydrogens (tertiary/aromatic N) is 1.